The second-order valence-corrected chi connectivity index (χ2v) is 6.70. The number of halogens is 2. The van der Waals surface area contributed by atoms with Gasteiger partial charge in [0.2, 0.25) is 0 Å². The van der Waals surface area contributed by atoms with Crippen molar-refractivity contribution in [2.75, 3.05) is 6.54 Å². The Bertz CT molecular complexity index is 581. The van der Waals surface area contributed by atoms with Crippen LogP contribution >= 0.6 is 35.0 Å². The monoisotopic (exact) mass is 339 g/mol. The summed E-state index contributed by atoms with van der Waals surface area (Å²) in [5, 5.41) is 4.89. The average molecular weight is 340 g/mol. The molecule has 2 rings (SSSR count). The van der Waals surface area contributed by atoms with Crippen LogP contribution in [0.1, 0.15) is 31.0 Å². The van der Waals surface area contributed by atoms with Crippen LogP contribution in [0.5, 0.6) is 0 Å². The van der Waals surface area contributed by atoms with E-state index in [4.69, 9.17) is 23.2 Å². The molecule has 21 heavy (non-hydrogen) atoms. The number of hydrogen-bond donors (Lipinski definition) is 1. The van der Waals surface area contributed by atoms with Crippen molar-refractivity contribution in [3.8, 4) is 0 Å². The van der Waals surface area contributed by atoms with E-state index in [1.807, 2.05) is 18.2 Å². The van der Waals surface area contributed by atoms with Crippen LogP contribution in [0.25, 0.3) is 0 Å². The van der Waals surface area contributed by atoms with Crippen LogP contribution in [-0.2, 0) is 5.75 Å². The predicted molar refractivity (Wildman–Crippen MR) is 94.6 cm³/mol. The molecule has 2 aromatic rings. The van der Waals surface area contributed by atoms with Gasteiger partial charge < -0.3 is 5.32 Å². The van der Waals surface area contributed by atoms with Crippen molar-refractivity contribution in [2.24, 2.45) is 0 Å². The molecular formula is C17H19Cl2NS. The maximum atomic E-state index is 6.21. The maximum absolute atomic E-state index is 6.21. The standard InChI is InChI=1S/C17H19Cl2NS/c1-3-20-12(2)13-6-4-7-14(10-13)21-11-15-16(18)8-5-9-17(15)19/h4-10,12,20H,3,11H2,1-2H3. The van der Waals surface area contributed by atoms with Crippen LogP contribution in [0.15, 0.2) is 47.4 Å². The zero-order valence-electron chi connectivity index (χ0n) is 12.2. The molecule has 4 heteroatoms. The summed E-state index contributed by atoms with van der Waals surface area (Å²) in [4.78, 5) is 1.23. The summed E-state index contributed by atoms with van der Waals surface area (Å²) in [6.07, 6.45) is 0. The van der Waals surface area contributed by atoms with Crippen molar-refractivity contribution in [3.05, 3.63) is 63.6 Å². The second kappa shape index (κ2) is 8.09. The molecule has 0 aliphatic carbocycles. The van der Waals surface area contributed by atoms with Gasteiger partial charge in [0.05, 0.1) is 0 Å². The van der Waals surface area contributed by atoms with Crippen molar-refractivity contribution in [2.45, 2.75) is 30.5 Å². The Labute approximate surface area is 141 Å². The summed E-state index contributed by atoms with van der Waals surface area (Å²) in [7, 11) is 0. The Hall–Kier alpha value is -0.670. The molecule has 0 spiro atoms. The largest absolute Gasteiger partial charge is 0.310 e. The first-order chi connectivity index (χ1) is 10.1. The van der Waals surface area contributed by atoms with Gasteiger partial charge in [-0.25, -0.2) is 0 Å². The van der Waals surface area contributed by atoms with Crippen molar-refractivity contribution < 1.29 is 0 Å². The predicted octanol–water partition coefficient (Wildman–Crippen LogP) is 5.96. The van der Waals surface area contributed by atoms with E-state index in [1.54, 1.807) is 11.8 Å². The molecule has 0 bridgehead atoms. The summed E-state index contributed by atoms with van der Waals surface area (Å²) >= 11 is 14.2. The highest BCUT2D eigenvalue weighted by Gasteiger charge is 2.08. The van der Waals surface area contributed by atoms with Crippen LogP contribution in [0.4, 0.5) is 0 Å². The normalized spacial score (nSPS) is 12.4. The van der Waals surface area contributed by atoms with E-state index in [0.717, 1.165) is 27.9 Å². The molecule has 0 saturated heterocycles. The summed E-state index contributed by atoms with van der Waals surface area (Å²) in [6.45, 7) is 5.26. The summed E-state index contributed by atoms with van der Waals surface area (Å²) < 4.78 is 0. The van der Waals surface area contributed by atoms with E-state index in [1.165, 1.54) is 10.5 Å². The highest BCUT2D eigenvalue weighted by atomic mass is 35.5. The smallest absolute Gasteiger partial charge is 0.0461 e. The van der Waals surface area contributed by atoms with Crippen molar-refractivity contribution >= 4 is 35.0 Å². The number of benzene rings is 2. The minimum Gasteiger partial charge on any atom is -0.310 e. The van der Waals surface area contributed by atoms with Gasteiger partial charge in [0, 0.05) is 26.7 Å². The Morgan fingerprint density at radius 2 is 1.76 bits per heavy atom. The van der Waals surface area contributed by atoms with E-state index < -0.39 is 0 Å². The fourth-order valence-corrected chi connectivity index (χ4v) is 3.83. The first-order valence-corrected chi connectivity index (χ1v) is 8.75. The molecular weight excluding hydrogens is 321 g/mol. The molecule has 0 amide bonds. The van der Waals surface area contributed by atoms with E-state index in [-0.39, 0.29) is 0 Å². The van der Waals surface area contributed by atoms with Crippen LogP contribution < -0.4 is 5.32 Å². The third kappa shape index (κ3) is 4.65. The lowest BCUT2D eigenvalue weighted by atomic mass is 10.1. The topological polar surface area (TPSA) is 12.0 Å². The third-order valence-electron chi connectivity index (χ3n) is 3.31. The molecule has 1 nitrogen and oxygen atoms in total. The van der Waals surface area contributed by atoms with Crippen LogP contribution in [0, 0.1) is 0 Å². The van der Waals surface area contributed by atoms with Gasteiger partial charge in [-0.3, -0.25) is 0 Å². The van der Waals surface area contributed by atoms with E-state index in [0.29, 0.717) is 6.04 Å². The molecule has 0 aromatic heterocycles. The first kappa shape index (κ1) is 16.7. The molecule has 112 valence electrons. The Morgan fingerprint density at radius 1 is 1.10 bits per heavy atom. The molecule has 1 unspecified atom stereocenters. The maximum Gasteiger partial charge on any atom is 0.0461 e. The van der Waals surface area contributed by atoms with Crippen LogP contribution in [-0.4, -0.2) is 6.54 Å². The van der Waals surface area contributed by atoms with Gasteiger partial charge in [0.1, 0.15) is 0 Å². The van der Waals surface area contributed by atoms with E-state index >= 15 is 0 Å². The lowest BCUT2D eigenvalue weighted by Crippen LogP contribution is -2.17. The summed E-state index contributed by atoms with van der Waals surface area (Å²) in [5.74, 6) is 0.775. The third-order valence-corrected chi connectivity index (χ3v) is 5.04. The van der Waals surface area contributed by atoms with Crippen molar-refractivity contribution in [1.82, 2.24) is 5.32 Å². The molecule has 0 aliphatic rings. The zero-order chi connectivity index (χ0) is 15.2. The van der Waals surface area contributed by atoms with Crippen molar-refractivity contribution in [3.63, 3.8) is 0 Å². The quantitative estimate of drug-likeness (QED) is 0.652. The SMILES string of the molecule is CCNC(C)c1cccc(SCc2c(Cl)cccc2Cl)c1. The number of rotatable bonds is 6. The first-order valence-electron chi connectivity index (χ1n) is 7.01. The molecule has 1 N–H and O–H groups in total. The zero-order valence-corrected chi connectivity index (χ0v) is 14.5. The minimum absolute atomic E-state index is 0.361. The second-order valence-electron chi connectivity index (χ2n) is 4.84. The van der Waals surface area contributed by atoms with Gasteiger partial charge in [-0.15, -0.1) is 11.8 Å². The summed E-state index contributed by atoms with van der Waals surface area (Å²) in [6, 6.07) is 14.6. The number of nitrogens with one attached hydrogen (secondary N) is 1. The van der Waals surface area contributed by atoms with Gasteiger partial charge in [-0.05, 0) is 48.9 Å². The van der Waals surface area contributed by atoms with Crippen LogP contribution in [0.2, 0.25) is 10.0 Å². The van der Waals surface area contributed by atoms with Gasteiger partial charge in [-0.2, -0.15) is 0 Å². The fourth-order valence-electron chi connectivity index (χ4n) is 2.12. The molecule has 0 aliphatic heterocycles. The summed E-state index contributed by atoms with van der Waals surface area (Å²) in [5.41, 5.74) is 2.29. The highest BCUT2D eigenvalue weighted by molar-refractivity contribution is 7.98. The Balaban J connectivity index is 2.08. The number of hydrogen-bond acceptors (Lipinski definition) is 2. The molecule has 0 fully saturated rings. The Kier molecular flexibility index (Phi) is 6.43. The molecule has 0 heterocycles. The number of thioether (sulfide) groups is 1. The lowest BCUT2D eigenvalue weighted by Gasteiger charge is -2.14. The molecule has 2 aromatic carbocycles. The van der Waals surface area contributed by atoms with E-state index in [2.05, 4.69) is 43.4 Å². The van der Waals surface area contributed by atoms with Gasteiger partial charge in [0.15, 0.2) is 0 Å². The van der Waals surface area contributed by atoms with Gasteiger partial charge in [0.25, 0.3) is 0 Å². The van der Waals surface area contributed by atoms with Gasteiger partial charge >= 0.3 is 0 Å². The minimum atomic E-state index is 0.361. The lowest BCUT2D eigenvalue weighted by molar-refractivity contribution is 0.597. The molecule has 0 radical (unpaired) electrons. The molecule has 1 atom stereocenters. The van der Waals surface area contributed by atoms with Crippen LogP contribution in [0.3, 0.4) is 0 Å². The Morgan fingerprint density at radius 3 is 2.43 bits per heavy atom. The highest BCUT2D eigenvalue weighted by Crippen LogP contribution is 2.32. The van der Waals surface area contributed by atoms with E-state index in [9.17, 15) is 0 Å². The average Bonchev–Trinajstić information content (AvgIpc) is 2.47. The van der Waals surface area contributed by atoms with Crippen molar-refractivity contribution in [1.29, 1.82) is 0 Å². The molecule has 0 saturated carbocycles. The fraction of sp³-hybridized carbons (Fsp3) is 0.294. The van der Waals surface area contributed by atoms with Gasteiger partial charge in [-0.1, -0.05) is 48.3 Å².